The number of aryl methyl sites for hydroxylation is 2. The van der Waals surface area contributed by atoms with Crippen molar-refractivity contribution in [1.82, 2.24) is 10.2 Å². The minimum Gasteiger partial charge on any atom is -0.352 e. The van der Waals surface area contributed by atoms with Gasteiger partial charge in [-0.05, 0) is 74.6 Å². The van der Waals surface area contributed by atoms with Crippen LogP contribution in [0.15, 0.2) is 77.3 Å². The quantitative estimate of drug-likeness (QED) is 0.256. The highest BCUT2D eigenvalue weighted by Gasteiger charge is 2.31. The number of hydrogen-bond donors (Lipinski definition) is 1. The monoisotopic (exact) mass is 641 g/mol. The number of amides is 2. The zero-order valence-electron chi connectivity index (χ0n) is 24.4. The van der Waals surface area contributed by atoms with Gasteiger partial charge in [0.2, 0.25) is 21.8 Å². The van der Waals surface area contributed by atoms with Crippen molar-refractivity contribution in [3.8, 4) is 0 Å². The number of anilines is 1. The van der Waals surface area contributed by atoms with Crippen LogP contribution in [0.1, 0.15) is 48.9 Å². The number of carbonyl (C=O) groups is 2. The lowest BCUT2D eigenvalue weighted by atomic mass is 10.0. The van der Waals surface area contributed by atoms with E-state index in [-0.39, 0.29) is 37.4 Å². The van der Waals surface area contributed by atoms with Crippen LogP contribution in [0.3, 0.4) is 0 Å². The van der Waals surface area contributed by atoms with E-state index in [1.165, 1.54) is 10.6 Å². The molecule has 0 heterocycles. The molecule has 3 rings (SSSR count). The molecule has 0 aliphatic rings. The summed E-state index contributed by atoms with van der Waals surface area (Å²) in [5.74, 6) is -0.431. The third-order valence-electron chi connectivity index (χ3n) is 6.73. The Kier molecular flexibility index (Phi) is 11.5. The van der Waals surface area contributed by atoms with E-state index in [4.69, 9.17) is 0 Å². The predicted octanol–water partition coefficient (Wildman–Crippen LogP) is 5.78. The molecule has 220 valence electrons. The number of nitrogens with zero attached hydrogens (tertiary/aromatic N) is 2. The molecule has 0 aromatic heterocycles. The van der Waals surface area contributed by atoms with Crippen molar-refractivity contribution in [2.45, 2.75) is 65.6 Å². The van der Waals surface area contributed by atoms with E-state index in [2.05, 4.69) is 21.2 Å². The lowest BCUT2D eigenvalue weighted by Crippen LogP contribution is -2.51. The van der Waals surface area contributed by atoms with Crippen molar-refractivity contribution >= 4 is 43.5 Å². The van der Waals surface area contributed by atoms with Crippen LogP contribution in [0, 0.1) is 13.8 Å². The smallest absolute Gasteiger partial charge is 0.243 e. The van der Waals surface area contributed by atoms with Crippen molar-refractivity contribution in [2.24, 2.45) is 0 Å². The molecule has 0 saturated carbocycles. The number of halogens is 1. The normalized spacial score (nSPS) is 12.2. The summed E-state index contributed by atoms with van der Waals surface area (Å²) in [7, 11) is -3.57. The third kappa shape index (κ3) is 9.71. The summed E-state index contributed by atoms with van der Waals surface area (Å²) in [6.07, 6.45) is 1.93. The minimum absolute atomic E-state index is 0.0884. The maximum Gasteiger partial charge on any atom is 0.243 e. The first-order valence-corrected chi connectivity index (χ1v) is 16.4. The van der Waals surface area contributed by atoms with Crippen molar-refractivity contribution in [1.29, 1.82) is 0 Å². The lowest BCUT2D eigenvalue weighted by molar-refractivity contribution is -0.141. The van der Waals surface area contributed by atoms with E-state index in [0.717, 1.165) is 26.7 Å². The number of rotatable bonds is 13. The van der Waals surface area contributed by atoms with Gasteiger partial charge in [-0.1, -0.05) is 70.5 Å². The molecule has 3 aromatic carbocycles. The summed E-state index contributed by atoms with van der Waals surface area (Å²) in [6.45, 7) is 7.98. The first-order chi connectivity index (χ1) is 19.3. The van der Waals surface area contributed by atoms with E-state index < -0.39 is 16.1 Å². The Hall–Kier alpha value is -3.17. The number of carbonyl (C=O) groups excluding carboxylic acids is 2. The fourth-order valence-electron chi connectivity index (χ4n) is 4.74. The van der Waals surface area contributed by atoms with Crippen molar-refractivity contribution in [2.75, 3.05) is 17.1 Å². The average Bonchev–Trinajstić information content (AvgIpc) is 2.89. The minimum atomic E-state index is -3.57. The predicted molar refractivity (Wildman–Crippen MR) is 169 cm³/mol. The molecule has 0 aliphatic carbocycles. The van der Waals surface area contributed by atoms with Crippen LogP contribution >= 0.6 is 15.9 Å². The largest absolute Gasteiger partial charge is 0.352 e. The van der Waals surface area contributed by atoms with Crippen LogP contribution in [-0.4, -0.2) is 50.0 Å². The zero-order chi connectivity index (χ0) is 30.2. The molecule has 1 N–H and O–H groups in total. The van der Waals surface area contributed by atoms with Crippen LogP contribution in [-0.2, 0) is 32.6 Å². The highest BCUT2D eigenvalue weighted by molar-refractivity contribution is 9.10. The van der Waals surface area contributed by atoms with E-state index in [9.17, 15) is 18.0 Å². The number of sulfonamides is 1. The Morgan fingerprint density at radius 3 is 2.24 bits per heavy atom. The summed E-state index contributed by atoms with van der Waals surface area (Å²) in [4.78, 5) is 29.1. The highest BCUT2D eigenvalue weighted by atomic mass is 79.9. The summed E-state index contributed by atoms with van der Waals surface area (Å²) in [5, 5.41) is 2.99. The zero-order valence-corrected chi connectivity index (χ0v) is 26.8. The van der Waals surface area contributed by atoms with Crippen molar-refractivity contribution < 1.29 is 18.0 Å². The van der Waals surface area contributed by atoms with Crippen molar-refractivity contribution in [3.63, 3.8) is 0 Å². The summed E-state index contributed by atoms with van der Waals surface area (Å²) in [6, 6.07) is 22.2. The molecule has 0 fully saturated rings. The third-order valence-corrected chi connectivity index (χ3v) is 8.40. The molecule has 0 spiro atoms. The molecule has 0 aliphatic heterocycles. The number of hydrogen-bond acceptors (Lipinski definition) is 4. The van der Waals surface area contributed by atoms with E-state index in [0.29, 0.717) is 18.5 Å². The second-order valence-corrected chi connectivity index (χ2v) is 13.6. The van der Waals surface area contributed by atoms with Gasteiger partial charge in [0, 0.05) is 36.4 Å². The molecule has 0 unspecified atom stereocenters. The van der Waals surface area contributed by atoms with Gasteiger partial charge < -0.3 is 10.2 Å². The molecule has 3 aromatic rings. The summed E-state index contributed by atoms with van der Waals surface area (Å²) < 4.78 is 27.8. The number of benzene rings is 3. The highest BCUT2D eigenvalue weighted by Crippen LogP contribution is 2.25. The Bertz CT molecular complexity index is 1440. The maximum atomic E-state index is 13.9. The Morgan fingerprint density at radius 1 is 0.927 bits per heavy atom. The Balaban J connectivity index is 1.90. The SMILES string of the molecule is Cc1ccc(C)c(N(CCCC(=O)N(Cc2cccc(Br)c2)[C@H](Cc2ccccc2)C(=O)NC(C)C)S(C)(=O)=O)c1. The van der Waals surface area contributed by atoms with Crippen molar-refractivity contribution in [3.05, 3.63) is 99.5 Å². The fraction of sp³-hybridized carbons (Fsp3) is 0.375. The van der Waals surface area contributed by atoms with Gasteiger partial charge in [-0.15, -0.1) is 0 Å². The molecule has 0 bridgehead atoms. The molecule has 7 nitrogen and oxygen atoms in total. The maximum absolute atomic E-state index is 13.9. The Morgan fingerprint density at radius 2 is 1.61 bits per heavy atom. The van der Waals surface area contributed by atoms with Crippen LogP contribution < -0.4 is 9.62 Å². The summed E-state index contributed by atoms with van der Waals surface area (Å²) in [5.41, 5.74) is 4.24. The molecule has 0 saturated heterocycles. The topological polar surface area (TPSA) is 86.8 Å². The first-order valence-electron chi connectivity index (χ1n) is 13.8. The van der Waals surface area contributed by atoms with Crippen LogP contribution in [0.5, 0.6) is 0 Å². The van der Waals surface area contributed by atoms with Gasteiger partial charge in [0.1, 0.15) is 6.04 Å². The molecule has 1 atom stereocenters. The summed E-state index contributed by atoms with van der Waals surface area (Å²) >= 11 is 3.51. The van der Waals surface area contributed by atoms with Gasteiger partial charge in [0.05, 0.1) is 11.9 Å². The van der Waals surface area contributed by atoms with Crippen LogP contribution in [0.25, 0.3) is 0 Å². The standard InChI is InChI=1S/C32H40BrN3O4S/c1-23(2)34-32(38)30(21-26-11-7-6-8-12-26)35(22-27-13-9-14-28(33)20-27)31(37)15-10-18-36(41(5,39)40)29-19-24(3)16-17-25(29)4/h6-9,11-14,16-17,19-20,23,30H,10,15,18,21-22H2,1-5H3,(H,34,38)/t30-/m1/s1. The van der Waals surface area contributed by atoms with Crippen LogP contribution in [0.4, 0.5) is 5.69 Å². The first kappa shape index (κ1) is 32.3. The van der Waals surface area contributed by atoms with E-state index >= 15 is 0 Å². The van der Waals surface area contributed by atoms with Gasteiger partial charge in [0.15, 0.2) is 0 Å². The Labute approximate surface area is 253 Å². The second kappa shape index (κ2) is 14.6. The molecule has 0 radical (unpaired) electrons. The van der Waals surface area contributed by atoms with E-state index in [1.807, 2.05) is 100 Å². The molecule has 9 heteroatoms. The van der Waals surface area contributed by atoms with Gasteiger partial charge in [-0.3, -0.25) is 13.9 Å². The lowest BCUT2D eigenvalue weighted by Gasteiger charge is -2.32. The molecular weight excluding hydrogens is 602 g/mol. The molecular formula is C32H40BrN3O4S. The second-order valence-electron chi connectivity index (χ2n) is 10.7. The van der Waals surface area contributed by atoms with Gasteiger partial charge in [0.25, 0.3) is 0 Å². The van der Waals surface area contributed by atoms with Gasteiger partial charge in [-0.25, -0.2) is 8.42 Å². The van der Waals surface area contributed by atoms with Crippen LogP contribution in [0.2, 0.25) is 0 Å². The van der Waals surface area contributed by atoms with Gasteiger partial charge in [-0.2, -0.15) is 0 Å². The number of nitrogens with one attached hydrogen (secondary N) is 1. The van der Waals surface area contributed by atoms with Gasteiger partial charge >= 0.3 is 0 Å². The molecule has 2 amide bonds. The molecule has 41 heavy (non-hydrogen) atoms. The van der Waals surface area contributed by atoms with E-state index in [1.54, 1.807) is 4.90 Å². The fourth-order valence-corrected chi connectivity index (χ4v) is 6.20. The average molecular weight is 643 g/mol.